The van der Waals surface area contributed by atoms with E-state index in [0.29, 0.717) is 18.8 Å². The standard InChI is InChI=1S/C13H16N4O2S/c1-9(13(18)19)7-8-17-12(14-15-16-17)10-5-3-4-6-11(10)20-2/h3-6,9H,7-8H2,1-2H3,(H,18,19). The van der Waals surface area contributed by atoms with Gasteiger partial charge in [0.1, 0.15) is 0 Å². The Morgan fingerprint density at radius 3 is 2.90 bits per heavy atom. The predicted octanol–water partition coefficient (Wildman–Crippen LogP) is 2.17. The van der Waals surface area contributed by atoms with Gasteiger partial charge in [-0.2, -0.15) is 0 Å². The van der Waals surface area contributed by atoms with Crippen LogP contribution in [0.1, 0.15) is 13.3 Å². The highest BCUT2D eigenvalue weighted by atomic mass is 32.2. The molecule has 6 nitrogen and oxygen atoms in total. The highest BCUT2D eigenvalue weighted by molar-refractivity contribution is 7.98. The Morgan fingerprint density at radius 2 is 2.20 bits per heavy atom. The largest absolute Gasteiger partial charge is 0.481 e. The maximum absolute atomic E-state index is 10.8. The van der Waals surface area contributed by atoms with E-state index < -0.39 is 11.9 Å². The van der Waals surface area contributed by atoms with E-state index in [1.807, 2.05) is 30.5 Å². The minimum Gasteiger partial charge on any atom is -0.481 e. The number of nitrogens with zero attached hydrogens (tertiary/aromatic N) is 4. The summed E-state index contributed by atoms with van der Waals surface area (Å²) >= 11 is 1.63. The Hall–Kier alpha value is -1.89. The van der Waals surface area contributed by atoms with Crippen LogP contribution in [0, 0.1) is 5.92 Å². The van der Waals surface area contributed by atoms with Gasteiger partial charge >= 0.3 is 5.97 Å². The van der Waals surface area contributed by atoms with Crippen molar-refractivity contribution in [1.82, 2.24) is 20.2 Å². The summed E-state index contributed by atoms with van der Waals surface area (Å²) in [6, 6.07) is 7.89. The van der Waals surface area contributed by atoms with Crippen LogP contribution in [0.2, 0.25) is 0 Å². The molecule has 0 fully saturated rings. The molecule has 106 valence electrons. The molecule has 2 rings (SSSR count). The van der Waals surface area contributed by atoms with E-state index in [4.69, 9.17) is 5.11 Å². The second kappa shape index (κ2) is 6.51. The lowest BCUT2D eigenvalue weighted by atomic mass is 10.1. The topological polar surface area (TPSA) is 80.9 Å². The summed E-state index contributed by atoms with van der Waals surface area (Å²) in [5, 5.41) is 20.6. The number of aliphatic carboxylic acids is 1. The van der Waals surface area contributed by atoms with Crippen LogP contribution in [0.5, 0.6) is 0 Å². The molecule has 0 aliphatic heterocycles. The first-order chi connectivity index (χ1) is 9.63. The second-order valence-corrected chi connectivity index (χ2v) is 5.30. The molecule has 7 heteroatoms. The third kappa shape index (κ3) is 3.16. The SMILES string of the molecule is CSc1ccccc1-c1nnnn1CCC(C)C(=O)O. The van der Waals surface area contributed by atoms with Gasteiger partial charge in [0.15, 0.2) is 5.82 Å². The van der Waals surface area contributed by atoms with Gasteiger partial charge in [0.2, 0.25) is 0 Å². The number of carbonyl (C=O) groups is 1. The number of carboxylic acid groups (broad SMARTS) is 1. The van der Waals surface area contributed by atoms with Crippen LogP contribution in [0.4, 0.5) is 0 Å². The summed E-state index contributed by atoms with van der Waals surface area (Å²) in [5.41, 5.74) is 0.966. The number of rotatable bonds is 6. The molecule has 0 amide bonds. The lowest BCUT2D eigenvalue weighted by Gasteiger charge is -2.09. The van der Waals surface area contributed by atoms with Gasteiger partial charge in [-0.1, -0.05) is 19.1 Å². The summed E-state index contributed by atoms with van der Waals surface area (Å²) in [7, 11) is 0. The minimum absolute atomic E-state index is 0.414. The summed E-state index contributed by atoms with van der Waals surface area (Å²) in [6.45, 7) is 2.17. The lowest BCUT2D eigenvalue weighted by molar-refractivity contribution is -0.141. The number of hydrogen-bond donors (Lipinski definition) is 1. The summed E-state index contributed by atoms with van der Waals surface area (Å²) in [6.07, 6.45) is 2.49. The number of aromatic nitrogens is 4. The third-order valence-electron chi connectivity index (χ3n) is 3.08. The Kier molecular flexibility index (Phi) is 4.73. The Labute approximate surface area is 121 Å². The number of benzene rings is 1. The van der Waals surface area contributed by atoms with Crippen molar-refractivity contribution in [3.8, 4) is 11.4 Å². The van der Waals surface area contributed by atoms with Gasteiger partial charge in [0.05, 0.1) is 5.92 Å². The first kappa shape index (κ1) is 14.5. The van der Waals surface area contributed by atoms with Gasteiger partial charge in [-0.15, -0.1) is 16.9 Å². The summed E-state index contributed by atoms with van der Waals surface area (Å²) in [5.74, 6) is -0.542. The maximum Gasteiger partial charge on any atom is 0.306 e. The van der Waals surface area contributed by atoms with Crippen molar-refractivity contribution in [3.05, 3.63) is 24.3 Å². The molecule has 0 saturated carbocycles. The van der Waals surface area contributed by atoms with Gasteiger partial charge < -0.3 is 5.11 Å². The molecule has 0 saturated heterocycles. The van der Waals surface area contributed by atoms with Crippen LogP contribution in [-0.4, -0.2) is 37.5 Å². The Balaban J connectivity index is 2.22. The summed E-state index contributed by atoms with van der Waals surface area (Å²) in [4.78, 5) is 11.9. The molecule has 1 aromatic carbocycles. The molecule has 1 unspecified atom stereocenters. The average molecular weight is 292 g/mol. The molecule has 1 N–H and O–H groups in total. The fourth-order valence-electron chi connectivity index (χ4n) is 1.82. The van der Waals surface area contributed by atoms with Gasteiger partial charge in [0, 0.05) is 17.0 Å². The van der Waals surface area contributed by atoms with Crippen molar-refractivity contribution in [3.63, 3.8) is 0 Å². The van der Waals surface area contributed by atoms with Gasteiger partial charge in [-0.3, -0.25) is 4.79 Å². The Morgan fingerprint density at radius 1 is 1.45 bits per heavy atom. The highest BCUT2D eigenvalue weighted by Crippen LogP contribution is 2.28. The quantitative estimate of drug-likeness (QED) is 0.822. The van der Waals surface area contributed by atoms with Gasteiger partial charge in [-0.05, 0) is 35.2 Å². The molecular weight excluding hydrogens is 276 g/mol. The first-order valence-corrected chi connectivity index (χ1v) is 7.48. The fourth-order valence-corrected chi connectivity index (χ4v) is 2.41. The van der Waals surface area contributed by atoms with E-state index in [1.165, 1.54) is 0 Å². The van der Waals surface area contributed by atoms with Crippen molar-refractivity contribution >= 4 is 17.7 Å². The predicted molar refractivity (Wildman–Crippen MR) is 76.5 cm³/mol. The monoisotopic (exact) mass is 292 g/mol. The van der Waals surface area contributed by atoms with Crippen molar-refractivity contribution in [1.29, 1.82) is 0 Å². The first-order valence-electron chi connectivity index (χ1n) is 6.26. The van der Waals surface area contributed by atoms with Crippen LogP contribution in [-0.2, 0) is 11.3 Å². The van der Waals surface area contributed by atoms with Crippen LogP contribution in [0.3, 0.4) is 0 Å². The van der Waals surface area contributed by atoms with E-state index in [2.05, 4.69) is 15.5 Å². The normalized spacial score (nSPS) is 12.3. The van der Waals surface area contributed by atoms with Crippen molar-refractivity contribution in [2.24, 2.45) is 5.92 Å². The fraction of sp³-hybridized carbons (Fsp3) is 0.385. The molecular formula is C13H16N4O2S. The van der Waals surface area contributed by atoms with Crippen LogP contribution >= 0.6 is 11.8 Å². The average Bonchev–Trinajstić information content (AvgIpc) is 2.92. The number of tetrazole rings is 1. The van der Waals surface area contributed by atoms with Crippen molar-refractivity contribution in [2.45, 2.75) is 24.8 Å². The minimum atomic E-state index is -0.802. The van der Waals surface area contributed by atoms with Crippen molar-refractivity contribution < 1.29 is 9.90 Å². The molecule has 20 heavy (non-hydrogen) atoms. The van der Waals surface area contributed by atoms with E-state index in [1.54, 1.807) is 23.4 Å². The molecule has 0 aliphatic rings. The summed E-state index contributed by atoms with van der Waals surface area (Å²) < 4.78 is 1.66. The molecule has 0 aliphatic carbocycles. The number of hydrogen-bond acceptors (Lipinski definition) is 5. The molecule has 1 aromatic heterocycles. The third-order valence-corrected chi connectivity index (χ3v) is 3.87. The van der Waals surface area contributed by atoms with Crippen molar-refractivity contribution in [2.75, 3.05) is 6.26 Å². The zero-order valence-electron chi connectivity index (χ0n) is 11.4. The van der Waals surface area contributed by atoms with E-state index >= 15 is 0 Å². The number of aryl methyl sites for hydroxylation is 1. The maximum atomic E-state index is 10.8. The van der Waals surface area contributed by atoms with Gasteiger partial charge in [-0.25, -0.2) is 4.68 Å². The molecule has 1 atom stereocenters. The molecule has 2 aromatic rings. The molecule has 0 spiro atoms. The zero-order chi connectivity index (χ0) is 14.5. The lowest BCUT2D eigenvalue weighted by Crippen LogP contribution is -2.14. The van der Waals surface area contributed by atoms with Gasteiger partial charge in [0.25, 0.3) is 0 Å². The Bertz CT molecular complexity index is 600. The van der Waals surface area contributed by atoms with Crippen LogP contribution in [0.15, 0.2) is 29.2 Å². The van der Waals surface area contributed by atoms with E-state index in [0.717, 1.165) is 10.5 Å². The molecule has 0 radical (unpaired) electrons. The van der Waals surface area contributed by atoms with E-state index in [9.17, 15) is 4.79 Å². The van der Waals surface area contributed by atoms with Crippen LogP contribution < -0.4 is 0 Å². The van der Waals surface area contributed by atoms with E-state index in [-0.39, 0.29) is 0 Å². The molecule has 0 bridgehead atoms. The number of carboxylic acids is 1. The zero-order valence-corrected chi connectivity index (χ0v) is 12.2. The second-order valence-electron chi connectivity index (χ2n) is 4.45. The smallest absolute Gasteiger partial charge is 0.306 e. The molecule has 1 heterocycles. The highest BCUT2D eigenvalue weighted by Gasteiger charge is 2.15. The number of thioether (sulfide) groups is 1. The van der Waals surface area contributed by atoms with Crippen LogP contribution in [0.25, 0.3) is 11.4 Å².